The summed E-state index contributed by atoms with van der Waals surface area (Å²) in [5, 5.41) is 9.75. The molecule has 11 aromatic carbocycles. The summed E-state index contributed by atoms with van der Waals surface area (Å²) in [6, 6.07) is 85.4. The number of para-hydroxylation sites is 2. The van der Waals surface area contributed by atoms with Crippen LogP contribution in [0.4, 0.5) is 17.1 Å². The second-order valence-electron chi connectivity index (χ2n) is 16.1. The molecule has 0 atom stereocenters. The van der Waals surface area contributed by atoms with Crippen LogP contribution < -0.4 is 4.90 Å². The second kappa shape index (κ2) is 14.8. The molecule has 0 aliphatic carbocycles. The maximum Gasteiger partial charge on any atom is 0.159 e. The molecular weight excluding hydrogens is 751 g/mol. The fraction of sp³-hybridized carbons (Fsp3) is 0. The lowest BCUT2D eigenvalue weighted by Crippen LogP contribution is -2.10. The smallest absolute Gasteiger partial charge is 0.159 e. The van der Waals surface area contributed by atoms with Crippen LogP contribution in [0.2, 0.25) is 0 Å². The average Bonchev–Trinajstić information content (AvgIpc) is 3.74. The van der Waals surface area contributed by atoms with Gasteiger partial charge in [0, 0.05) is 22.1 Å². The topological polar surface area (TPSA) is 16.4 Å². The zero-order valence-electron chi connectivity index (χ0n) is 33.9. The maximum atomic E-state index is 6.65. The Hall–Kier alpha value is -8.20. The normalized spacial score (nSPS) is 11.5. The van der Waals surface area contributed by atoms with Crippen molar-refractivity contribution in [1.82, 2.24) is 0 Å². The lowest BCUT2D eigenvalue weighted by molar-refractivity contribution is 0.669. The standard InChI is InChI=1S/C60H39NO/c1-2-13-42(14-3-1)50-23-11-16-43-27-28-45(38-56(43)50)41-31-35-49(36-32-41)61(58-25-12-24-55-54-22-8-9-26-59(54)62-60(55)58)48-33-29-40(30-34-48)44-17-10-18-46(37-44)57-39-47-15-4-5-19-51(47)52-20-6-7-21-53(52)57/h1-39H. The zero-order chi connectivity index (χ0) is 41.0. The number of hydrogen-bond donors (Lipinski definition) is 0. The largest absolute Gasteiger partial charge is 0.454 e. The van der Waals surface area contributed by atoms with Crippen molar-refractivity contribution in [2.75, 3.05) is 4.90 Å². The highest BCUT2D eigenvalue weighted by molar-refractivity contribution is 6.14. The van der Waals surface area contributed by atoms with E-state index in [1.54, 1.807) is 0 Å². The highest BCUT2D eigenvalue weighted by Crippen LogP contribution is 2.44. The van der Waals surface area contributed by atoms with Crippen molar-refractivity contribution in [3.05, 3.63) is 237 Å². The molecule has 2 heteroatoms. The summed E-state index contributed by atoms with van der Waals surface area (Å²) in [6.45, 7) is 0. The Morgan fingerprint density at radius 2 is 0.839 bits per heavy atom. The maximum absolute atomic E-state index is 6.65. The van der Waals surface area contributed by atoms with E-state index in [9.17, 15) is 0 Å². The van der Waals surface area contributed by atoms with Crippen molar-refractivity contribution in [1.29, 1.82) is 0 Å². The number of hydrogen-bond acceptors (Lipinski definition) is 2. The molecular formula is C60H39NO. The third-order valence-corrected chi connectivity index (χ3v) is 12.5. The Labute approximate surface area is 360 Å². The lowest BCUT2D eigenvalue weighted by atomic mass is 9.92. The van der Waals surface area contributed by atoms with Crippen molar-refractivity contribution in [2.45, 2.75) is 0 Å². The van der Waals surface area contributed by atoms with E-state index in [2.05, 4.69) is 235 Å². The molecule has 0 saturated carbocycles. The molecule has 0 N–H and O–H groups in total. The zero-order valence-corrected chi connectivity index (χ0v) is 33.9. The highest BCUT2D eigenvalue weighted by Gasteiger charge is 2.20. The first-order chi connectivity index (χ1) is 30.7. The van der Waals surface area contributed by atoms with Crippen LogP contribution in [-0.4, -0.2) is 0 Å². The third-order valence-electron chi connectivity index (χ3n) is 12.5. The van der Waals surface area contributed by atoms with Gasteiger partial charge in [0.15, 0.2) is 5.58 Å². The molecule has 0 bridgehead atoms. The number of fused-ring (bicyclic) bond motifs is 7. The first kappa shape index (κ1) is 35.7. The number of nitrogens with zero attached hydrogens (tertiary/aromatic N) is 1. The van der Waals surface area contributed by atoms with Crippen molar-refractivity contribution in [3.8, 4) is 44.5 Å². The van der Waals surface area contributed by atoms with Crippen molar-refractivity contribution >= 4 is 71.3 Å². The van der Waals surface area contributed by atoms with Gasteiger partial charge in [-0.25, -0.2) is 0 Å². The minimum Gasteiger partial charge on any atom is -0.454 e. The Morgan fingerprint density at radius 1 is 0.274 bits per heavy atom. The Kier molecular flexibility index (Phi) is 8.53. The van der Waals surface area contributed by atoms with Crippen LogP contribution in [0.15, 0.2) is 241 Å². The van der Waals surface area contributed by atoms with E-state index in [-0.39, 0.29) is 0 Å². The van der Waals surface area contributed by atoms with Crippen LogP contribution in [0.5, 0.6) is 0 Å². The fourth-order valence-electron chi connectivity index (χ4n) is 9.42. The minimum atomic E-state index is 0.861. The Bertz CT molecular complexity index is 3620. The van der Waals surface area contributed by atoms with Crippen LogP contribution in [0.3, 0.4) is 0 Å². The highest BCUT2D eigenvalue weighted by atomic mass is 16.3. The van der Waals surface area contributed by atoms with Gasteiger partial charge in [0.05, 0.1) is 5.69 Å². The summed E-state index contributed by atoms with van der Waals surface area (Å²) in [5.41, 5.74) is 14.4. The molecule has 1 heterocycles. The summed E-state index contributed by atoms with van der Waals surface area (Å²) >= 11 is 0. The first-order valence-electron chi connectivity index (χ1n) is 21.2. The predicted octanol–water partition coefficient (Wildman–Crippen LogP) is 17.2. The van der Waals surface area contributed by atoms with E-state index in [0.717, 1.165) is 50.1 Å². The van der Waals surface area contributed by atoms with Gasteiger partial charge in [0.1, 0.15) is 5.58 Å². The van der Waals surface area contributed by atoms with Gasteiger partial charge < -0.3 is 9.32 Å². The molecule has 0 aliphatic rings. The molecule has 0 fully saturated rings. The molecule has 0 spiro atoms. The molecule has 290 valence electrons. The molecule has 0 radical (unpaired) electrons. The summed E-state index contributed by atoms with van der Waals surface area (Å²) in [5.74, 6) is 0. The van der Waals surface area contributed by atoms with E-state index in [4.69, 9.17) is 4.42 Å². The quantitative estimate of drug-likeness (QED) is 0.150. The van der Waals surface area contributed by atoms with Gasteiger partial charge in [0.2, 0.25) is 0 Å². The molecule has 0 amide bonds. The van der Waals surface area contributed by atoms with Gasteiger partial charge in [-0.05, 0) is 131 Å². The fourth-order valence-corrected chi connectivity index (χ4v) is 9.42. The van der Waals surface area contributed by atoms with E-state index in [0.29, 0.717) is 0 Å². The summed E-state index contributed by atoms with van der Waals surface area (Å²) in [7, 11) is 0. The van der Waals surface area contributed by atoms with E-state index < -0.39 is 0 Å². The van der Waals surface area contributed by atoms with Gasteiger partial charge in [-0.2, -0.15) is 0 Å². The molecule has 12 rings (SSSR count). The molecule has 62 heavy (non-hydrogen) atoms. The first-order valence-corrected chi connectivity index (χ1v) is 21.2. The van der Waals surface area contributed by atoms with Gasteiger partial charge in [-0.3, -0.25) is 0 Å². The second-order valence-corrected chi connectivity index (χ2v) is 16.1. The van der Waals surface area contributed by atoms with Crippen molar-refractivity contribution in [2.24, 2.45) is 0 Å². The number of rotatable bonds is 7. The summed E-state index contributed by atoms with van der Waals surface area (Å²) in [4.78, 5) is 2.32. The van der Waals surface area contributed by atoms with E-state index in [1.807, 2.05) is 6.07 Å². The molecule has 1 aromatic heterocycles. The summed E-state index contributed by atoms with van der Waals surface area (Å²) < 4.78 is 6.65. The van der Waals surface area contributed by atoms with Crippen LogP contribution in [0.25, 0.3) is 98.8 Å². The SMILES string of the molecule is c1ccc(-c2cccc3ccc(-c4ccc(N(c5ccc(-c6cccc(-c7cc8ccccc8c8ccccc78)c6)cc5)c5cccc6c5oc5ccccc56)cc4)cc23)cc1. The van der Waals surface area contributed by atoms with Crippen LogP contribution in [0.1, 0.15) is 0 Å². The van der Waals surface area contributed by atoms with Crippen LogP contribution in [-0.2, 0) is 0 Å². The van der Waals surface area contributed by atoms with Gasteiger partial charge in [-0.1, -0.05) is 182 Å². The molecule has 0 aliphatic heterocycles. The van der Waals surface area contributed by atoms with Gasteiger partial charge in [-0.15, -0.1) is 0 Å². The van der Waals surface area contributed by atoms with Crippen LogP contribution in [0, 0.1) is 0 Å². The number of furan rings is 1. The van der Waals surface area contributed by atoms with Crippen molar-refractivity contribution in [3.63, 3.8) is 0 Å². The number of benzene rings is 11. The molecule has 2 nitrogen and oxygen atoms in total. The summed E-state index contributed by atoms with van der Waals surface area (Å²) in [6.07, 6.45) is 0. The monoisotopic (exact) mass is 789 g/mol. The molecule has 12 aromatic rings. The molecule has 0 unspecified atom stereocenters. The average molecular weight is 790 g/mol. The number of anilines is 3. The van der Waals surface area contributed by atoms with Crippen LogP contribution >= 0.6 is 0 Å². The van der Waals surface area contributed by atoms with Crippen molar-refractivity contribution < 1.29 is 4.42 Å². The minimum absolute atomic E-state index is 0.861. The molecule has 0 saturated heterocycles. The Balaban J connectivity index is 0.946. The van der Waals surface area contributed by atoms with E-state index in [1.165, 1.54) is 65.7 Å². The lowest BCUT2D eigenvalue weighted by Gasteiger charge is -2.26. The van der Waals surface area contributed by atoms with Gasteiger partial charge >= 0.3 is 0 Å². The van der Waals surface area contributed by atoms with Gasteiger partial charge in [0.25, 0.3) is 0 Å². The van der Waals surface area contributed by atoms with E-state index >= 15 is 0 Å². The predicted molar refractivity (Wildman–Crippen MR) is 263 cm³/mol. The third kappa shape index (κ3) is 6.12. The Morgan fingerprint density at radius 3 is 1.63 bits per heavy atom.